The van der Waals surface area contributed by atoms with E-state index in [2.05, 4.69) is 43.9 Å². The number of carbonyl (C=O) groups is 1. The van der Waals surface area contributed by atoms with Gasteiger partial charge in [-0.3, -0.25) is 4.79 Å². The fourth-order valence-corrected chi connectivity index (χ4v) is 3.39. The first kappa shape index (κ1) is 26.0. The summed E-state index contributed by atoms with van der Waals surface area (Å²) in [5.41, 5.74) is 6.74. The summed E-state index contributed by atoms with van der Waals surface area (Å²) in [6.07, 6.45) is 0. The number of hydrogen-bond donors (Lipinski definition) is 2. The average Bonchev–Trinajstić information content (AvgIpc) is 2.82. The predicted molar refractivity (Wildman–Crippen MR) is 133 cm³/mol. The van der Waals surface area contributed by atoms with Crippen LogP contribution in [-0.4, -0.2) is 68.8 Å². The molecule has 3 aromatic rings. The molecule has 0 saturated heterocycles. The molecule has 34 heavy (non-hydrogen) atoms. The van der Waals surface area contributed by atoms with Gasteiger partial charge in [0.2, 0.25) is 5.82 Å². The number of anilines is 2. The number of nitrogens with one attached hydrogen (secondary N) is 1. The molecule has 1 amide bonds. The van der Waals surface area contributed by atoms with Crippen LogP contribution >= 0.6 is 22.6 Å². The zero-order valence-corrected chi connectivity index (χ0v) is 20.5. The lowest BCUT2D eigenvalue weighted by atomic mass is 10.2. The van der Waals surface area contributed by atoms with E-state index in [1.165, 1.54) is 0 Å². The van der Waals surface area contributed by atoms with Crippen LogP contribution in [0, 0.1) is 9.64 Å². The number of alkyl halides is 1. The van der Waals surface area contributed by atoms with Gasteiger partial charge in [0, 0.05) is 26.8 Å². The Labute approximate surface area is 210 Å². The average molecular weight is 583 g/mol. The van der Waals surface area contributed by atoms with Crippen molar-refractivity contribution >= 4 is 50.9 Å². The SMILES string of the molecule is NC(=O)c1nc(Nc2cccc(I)c2)c2c[c]c(OCCOCCOCCOCCF)cc2n1. The van der Waals surface area contributed by atoms with Crippen molar-refractivity contribution in [1.82, 2.24) is 9.97 Å². The van der Waals surface area contributed by atoms with Gasteiger partial charge in [0.15, 0.2) is 0 Å². The Morgan fingerprint density at radius 1 is 1.03 bits per heavy atom. The Morgan fingerprint density at radius 2 is 1.74 bits per heavy atom. The third kappa shape index (κ3) is 8.31. The van der Waals surface area contributed by atoms with Gasteiger partial charge in [0.25, 0.3) is 5.91 Å². The van der Waals surface area contributed by atoms with Crippen molar-refractivity contribution in [1.29, 1.82) is 0 Å². The normalized spacial score (nSPS) is 11.0. The molecule has 0 aliphatic heterocycles. The number of primary amides is 1. The van der Waals surface area contributed by atoms with Crippen molar-refractivity contribution in [3.05, 3.63) is 51.9 Å². The smallest absolute Gasteiger partial charge is 0.286 e. The number of nitrogens with zero attached hydrogens (tertiary/aromatic N) is 2. The van der Waals surface area contributed by atoms with Crippen LogP contribution < -0.4 is 15.8 Å². The first-order valence-corrected chi connectivity index (χ1v) is 11.6. The molecule has 0 saturated carbocycles. The zero-order valence-electron chi connectivity index (χ0n) is 18.4. The largest absolute Gasteiger partial charge is 0.490 e. The quantitative estimate of drug-likeness (QED) is 0.207. The van der Waals surface area contributed by atoms with E-state index in [1.807, 2.05) is 24.3 Å². The van der Waals surface area contributed by atoms with Crippen LogP contribution in [0.2, 0.25) is 0 Å². The summed E-state index contributed by atoms with van der Waals surface area (Å²) >= 11 is 2.22. The molecule has 0 bridgehead atoms. The number of rotatable bonds is 15. The number of nitrogens with two attached hydrogens (primary N) is 1. The number of aromatic nitrogens is 2. The van der Waals surface area contributed by atoms with Gasteiger partial charge in [-0.25, -0.2) is 14.4 Å². The highest BCUT2D eigenvalue weighted by Crippen LogP contribution is 2.27. The molecule has 3 rings (SSSR count). The molecule has 2 aromatic carbocycles. The lowest BCUT2D eigenvalue weighted by Gasteiger charge is -2.12. The molecular formula is C23H25FIN4O5. The zero-order chi connectivity index (χ0) is 24.2. The van der Waals surface area contributed by atoms with E-state index in [1.54, 1.807) is 12.1 Å². The van der Waals surface area contributed by atoms with Gasteiger partial charge in [-0.2, -0.15) is 0 Å². The topological polar surface area (TPSA) is 118 Å². The summed E-state index contributed by atoms with van der Waals surface area (Å²) in [4.78, 5) is 20.3. The minimum atomic E-state index is -0.729. The fourth-order valence-electron chi connectivity index (χ4n) is 2.85. The van der Waals surface area contributed by atoms with Crippen LogP contribution in [0.4, 0.5) is 15.9 Å². The second-order valence-corrected chi connectivity index (χ2v) is 8.11. The molecule has 0 unspecified atom stereocenters. The second-order valence-electron chi connectivity index (χ2n) is 6.87. The Balaban J connectivity index is 1.54. The molecule has 1 aromatic heterocycles. The van der Waals surface area contributed by atoms with Crippen LogP contribution in [0.25, 0.3) is 10.9 Å². The van der Waals surface area contributed by atoms with Gasteiger partial charge in [-0.15, -0.1) is 0 Å². The van der Waals surface area contributed by atoms with Crippen molar-refractivity contribution in [3.8, 4) is 5.75 Å². The van der Waals surface area contributed by atoms with E-state index < -0.39 is 12.6 Å². The van der Waals surface area contributed by atoms with Crippen molar-refractivity contribution in [2.45, 2.75) is 0 Å². The third-order valence-electron chi connectivity index (χ3n) is 4.36. The maximum absolute atomic E-state index is 11.9. The van der Waals surface area contributed by atoms with Crippen LogP contribution in [0.5, 0.6) is 5.75 Å². The van der Waals surface area contributed by atoms with E-state index in [0.29, 0.717) is 62.1 Å². The van der Waals surface area contributed by atoms with Crippen LogP contribution in [-0.2, 0) is 14.2 Å². The minimum Gasteiger partial charge on any atom is -0.490 e. The molecule has 181 valence electrons. The van der Waals surface area contributed by atoms with Crippen molar-refractivity contribution in [2.24, 2.45) is 5.73 Å². The summed E-state index contributed by atoms with van der Waals surface area (Å²) in [5, 5.41) is 3.88. The number of amides is 1. The standard InChI is InChI=1S/C23H25FIN4O5/c24-6-7-31-8-9-32-10-11-33-12-13-34-18-4-5-19-20(15-18)28-23(21(26)30)29-22(19)27-17-3-1-2-16(25)14-17/h1-3,5,14-15H,6-13H2,(H2,26,30)(H,27,28,29). The van der Waals surface area contributed by atoms with Gasteiger partial charge in [0.1, 0.15) is 24.8 Å². The van der Waals surface area contributed by atoms with Gasteiger partial charge >= 0.3 is 0 Å². The van der Waals surface area contributed by atoms with E-state index in [4.69, 9.17) is 24.7 Å². The number of ether oxygens (including phenoxy) is 4. The monoisotopic (exact) mass is 583 g/mol. The number of carbonyl (C=O) groups excluding carboxylic acids is 1. The number of fused-ring (bicyclic) bond motifs is 1. The Kier molecular flexibility index (Phi) is 10.7. The molecule has 0 spiro atoms. The molecule has 1 heterocycles. The molecule has 0 fully saturated rings. The van der Waals surface area contributed by atoms with Gasteiger partial charge in [-0.1, -0.05) is 6.07 Å². The Bertz CT molecular complexity index is 1090. The first-order valence-electron chi connectivity index (χ1n) is 10.5. The lowest BCUT2D eigenvalue weighted by molar-refractivity contribution is 0.00750. The summed E-state index contributed by atoms with van der Waals surface area (Å²) in [5.74, 6) is 0.0670. The Morgan fingerprint density at radius 3 is 2.41 bits per heavy atom. The molecule has 9 nitrogen and oxygen atoms in total. The fraction of sp³-hybridized carbons (Fsp3) is 0.348. The highest BCUT2D eigenvalue weighted by molar-refractivity contribution is 14.1. The molecular weight excluding hydrogens is 558 g/mol. The van der Waals surface area contributed by atoms with E-state index in [-0.39, 0.29) is 12.4 Å². The summed E-state index contributed by atoms with van der Waals surface area (Å²) in [6, 6.07) is 14.2. The van der Waals surface area contributed by atoms with Gasteiger partial charge in [-0.05, 0) is 46.9 Å². The molecule has 3 N–H and O–H groups in total. The first-order chi connectivity index (χ1) is 16.6. The van der Waals surface area contributed by atoms with Crippen LogP contribution in [0.15, 0.2) is 36.4 Å². The van der Waals surface area contributed by atoms with E-state index in [0.717, 1.165) is 9.26 Å². The minimum absolute atomic E-state index is 0.0864. The number of benzene rings is 2. The Hall–Kier alpha value is -2.61. The van der Waals surface area contributed by atoms with Crippen LogP contribution in [0.3, 0.4) is 0 Å². The molecule has 0 aliphatic rings. The molecule has 0 aliphatic carbocycles. The predicted octanol–water partition coefficient (Wildman–Crippen LogP) is 3.28. The van der Waals surface area contributed by atoms with Gasteiger partial charge < -0.3 is 30.0 Å². The van der Waals surface area contributed by atoms with Crippen LogP contribution in [0.1, 0.15) is 10.6 Å². The summed E-state index contributed by atoms with van der Waals surface area (Å²) in [7, 11) is 0. The summed E-state index contributed by atoms with van der Waals surface area (Å²) < 4.78 is 34.3. The maximum Gasteiger partial charge on any atom is 0.286 e. The van der Waals surface area contributed by atoms with Crippen molar-refractivity contribution in [2.75, 3.05) is 58.2 Å². The lowest BCUT2D eigenvalue weighted by Crippen LogP contribution is -2.16. The number of hydrogen-bond acceptors (Lipinski definition) is 8. The second kappa shape index (κ2) is 13.9. The van der Waals surface area contributed by atoms with E-state index in [9.17, 15) is 9.18 Å². The van der Waals surface area contributed by atoms with Crippen molar-refractivity contribution < 1.29 is 28.1 Å². The summed E-state index contributed by atoms with van der Waals surface area (Å²) in [6.45, 7) is 1.79. The van der Waals surface area contributed by atoms with Crippen molar-refractivity contribution in [3.63, 3.8) is 0 Å². The maximum atomic E-state index is 11.9. The number of halogens is 2. The molecule has 11 heteroatoms. The van der Waals surface area contributed by atoms with Gasteiger partial charge in [0.05, 0.1) is 45.2 Å². The van der Waals surface area contributed by atoms with E-state index >= 15 is 0 Å². The highest BCUT2D eigenvalue weighted by atomic mass is 127. The third-order valence-corrected chi connectivity index (χ3v) is 5.03. The molecule has 0 atom stereocenters. The highest BCUT2D eigenvalue weighted by Gasteiger charge is 2.13. The molecule has 1 radical (unpaired) electrons.